The molecule has 0 saturated heterocycles. The van der Waals surface area contributed by atoms with E-state index in [-0.39, 0.29) is 5.69 Å². The van der Waals surface area contributed by atoms with Crippen molar-refractivity contribution in [3.05, 3.63) is 30.1 Å². The van der Waals surface area contributed by atoms with Gasteiger partial charge in [0, 0.05) is 5.69 Å². The van der Waals surface area contributed by atoms with Crippen LogP contribution in [0.4, 0.5) is 28.0 Å². The first kappa shape index (κ1) is 12.9. The number of halogens is 4. The van der Waals surface area contributed by atoms with Crippen molar-refractivity contribution in [2.24, 2.45) is 0 Å². The number of carbonyl (C=O) groups excluding carboxylic acids is 2. The van der Waals surface area contributed by atoms with Crippen LogP contribution in [0.15, 0.2) is 24.3 Å². The van der Waals surface area contributed by atoms with Crippen LogP contribution in [0.5, 0.6) is 0 Å². The summed E-state index contributed by atoms with van der Waals surface area (Å²) in [7, 11) is 0. The predicted molar refractivity (Wildman–Crippen MR) is 49.6 cm³/mol. The number of carbonyl (C=O) groups is 2. The Morgan fingerprint density at radius 2 is 1.59 bits per heavy atom. The summed E-state index contributed by atoms with van der Waals surface area (Å²) in [6.45, 7) is 0. The van der Waals surface area contributed by atoms with Crippen molar-refractivity contribution in [2.75, 3.05) is 5.32 Å². The van der Waals surface area contributed by atoms with Gasteiger partial charge in [0.15, 0.2) is 0 Å². The molecule has 0 aliphatic rings. The maximum atomic E-state index is 12.5. The average molecular weight is 250 g/mol. The Kier molecular flexibility index (Phi) is 3.66. The minimum absolute atomic E-state index is 0.0545. The van der Waals surface area contributed by atoms with Gasteiger partial charge in [-0.25, -0.2) is 9.18 Å². The minimum Gasteiger partial charge on any atom is -0.308 e. The normalized spacial score (nSPS) is 10.8. The molecule has 0 radical (unpaired) electrons. The van der Waals surface area contributed by atoms with Gasteiger partial charge in [-0.15, -0.1) is 0 Å². The molecule has 0 heterocycles. The fraction of sp³-hybridized carbons (Fsp3) is 0.111. The van der Waals surface area contributed by atoms with Crippen LogP contribution in [0, 0.1) is 5.82 Å². The number of hydrogen-bond donors (Lipinski definition) is 2. The smallest absolute Gasteiger partial charge is 0.308 e. The van der Waals surface area contributed by atoms with E-state index in [9.17, 15) is 27.2 Å². The largest absolute Gasteiger partial charge is 0.471 e. The zero-order valence-electron chi connectivity index (χ0n) is 8.14. The lowest BCUT2D eigenvalue weighted by atomic mass is 10.3. The highest BCUT2D eigenvalue weighted by Crippen LogP contribution is 2.14. The number of benzene rings is 1. The van der Waals surface area contributed by atoms with Gasteiger partial charge >= 0.3 is 18.1 Å². The number of nitrogens with one attached hydrogen (secondary N) is 2. The number of imide groups is 1. The van der Waals surface area contributed by atoms with Gasteiger partial charge in [0.2, 0.25) is 0 Å². The predicted octanol–water partition coefficient (Wildman–Crippen LogP) is 2.04. The summed E-state index contributed by atoms with van der Waals surface area (Å²) >= 11 is 0. The molecule has 0 atom stereocenters. The molecule has 0 bridgehead atoms. The van der Waals surface area contributed by atoms with E-state index in [0.29, 0.717) is 0 Å². The average Bonchev–Trinajstić information content (AvgIpc) is 2.20. The van der Waals surface area contributed by atoms with Crippen LogP contribution in [0.3, 0.4) is 0 Å². The maximum Gasteiger partial charge on any atom is 0.471 e. The lowest BCUT2D eigenvalue weighted by Gasteiger charge is -2.08. The van der Waals surface area contributed by atoms with Gasteiger partial charge in [0.25, 0.3) is 0 Å². The SMILES string of the molecule is O=C(NC(=O)C(F)(F)F)Nc1ccc(F)cc1. The fourth-order valence-corrected chi connectivity index (χ4v) is 0.870. The van der Waals surface area contributed by atoms with E-state index in [4.69, 9.17) is 0 Å². The molecule has 0 unspecified atom stereocenters. The second-order valence-corrected chi connectivity index (χ2v) is 2.91. The lowest BCUT2D eigenvalue weighted by Crippen LogP contribution is -2.42. The Bertz CT molecular complexity index is 428. The highest BCUT2D eigenvalue weighted by atomic mass is 19.4. The summed E-state index contributed by atoms with van der Waals surface area (Å²) in [6.07, 6.45) is -5.14. The number of amides is 3. The molecule has 8 heteroatoms. The van der Waals surface area contributed by atoms with Gasteiger partial charge in [0.05, 0.1) is 0 Å². The van der Waals surface area contributed by atoms with Gasteiger partial charge in [0.1, 0.15) is 5.82 Å². The first-order valence-electron chi connectivity index (χ1n) is 4.24. The van der Waals surface area contributed by atoms with Crippen LogP contribution in [0.25, 0.3) is 0 Å². The standard InChI is InChI=1S/C9H6F4N2O2/c10-5-1-3-6(4-2-5)14-8(17)15-7(16)9(11,12)13/h1-4H,(H2,14,15,16,17). The van der Waals surface area contributed by atoms with E-state index in [0.717, 1.165) is 29.6 Å². The highest BCUT2D eigenvalue weighted by Gasteiger charge is 2.39. The summed E-state index contributed by atoms with van der Waals surface area (Å²) < 4.78 is 47.7. The van der Waals surface area contributed by atoms with E-state index in [1.54, 1.807) is 0 Å². The van der Waals surface area contributed by atoms with Crippen molar-refractivity contribution in [3.63, 3.8) is 0 Å². The van der Waals surface area contributed by atoms with Crippen molar-refractivity contribution in [3.8, 4) is 0 Å². The molecule has 2 N–H and O–H groups in total. The van der Waals surface area contributed by atoms with Gasteiger partial charge in [-0.3, -0.25) is 10.1 Å². The highest BCUT2D eigenvalue weighted by molar-refractivity contribution is 6.02. The molecular formula is C9H6F4N2O2. The molecule has 1 rings (SSSR count). The first-order valence-corrected chi connectivity index (χ1v) is 4.24. The third-order valence-corrected chi connectivity index (χ3v) is 1.59. The van der Waals surface area contributed by atoms with E-state index in [1.165, 1.54) is 0 Å². The molecule has 0 spiro atoms. The van der Waals surface area contributed by atoms with Crippen LogP contribution in [-0.4, -0.2) is 18.1 Å². The van der Waals surface area contributed by atoms with Crippen molar-refractivity contribution in [1.82, 2.24) is 5.32 Å². The molecule has 1 aromatic rings. The van der Waals surface area contributed by atoms with E-state index in [1.807, 2.05) is 5.32 Å². The molecule has 17 heavy (non-hydrogen) atoms. The van der Waals surface area contributed by atoms with Crippen molar-refractivity contribution < 1.29 is 27.2 Å². The number of alkyl halides is 3. The first-order chi connectivity index (χ1) is 7.79. The lowest BCUT2D eigenvalue weighted by molar-refractivity contribution is -0.172. The zero-order valence-corrected chi connectivity index (χ0v) is 8.14. The van der Waals surface area contributed by atoms with Crippen molar-refractivity contribution in [2.45, 2.75) is 6.18 Å². The van der Waals surface area contributed by atoms with Crippen LogP contribution < -0.4 is 10.6 Å². The van der Waals surface area contributed by atoms with Crippen LogP contribution in [0.2, 0.25) is 0 Å². The van der Waals surface area contributed by atoms with Gasteiger partial charge < -0.3 is 5.32 Å². The molecule has 0 aromatic heterocycles. The molecule has 4 nitrogen and oxygen atoms in total. The van der Waals surface area contributed by atoms with Crippen molar-refractivity contribution in [1.29, 1.82) is 0 Å². The molecular weight excluding hydrogens is 244 g/mol. The second-order valence-electron chi connectivity index (χ2n) is 2.91. The van der Waals surface area contributed by atoms with Crippen LogP contribution in [0.1, 0.15) is 0 Å². The minimum atomic E-state index is -5.14. The number of urea groups is 1. The number of hydrogen-bond acceptors (Lipinski definition) is 2. The number of rotatable bonds is 1. The van der Waals surface area contributed by atoms with Crippen molar-refractivity contribution >= 4 is 17.6 Å². The topological polar surface area (TPSA) is 58.2 Å². The Morgan fingerprint density at radius 3 is 2.06 bits per heavy atom. The van der Waals surface area contributed by atoms with Gasteiger partial charge in [-0.2, -0.15) is 13.2 Å². The zero-order chi connectivity index (χ0) is 13.1. The molecule has 1 aromatic carbocycles. The van der Waals surface area contributed by atoms with Crippen LogP contribution in [-0.2, 0) is 4.79 Å². The van der Waals surface area contributed by atoms with E-state index in [2.05, 4.69) is 0 Å². The molecule has 92 valence electrons. The summed E-state index contributed by atoms with van der Waals surface area (Å²) in [5, 5.41) is 3.01. The third-order valence-electron chi connectivity index (χ3n) is 1.59. The molecule has 0 aliphatic carbocycles. The quantitative estimate of drug-likeness (QED) is 0.749. The van der Waals surface area contributed by atoms with Crippen LogP contribution >= 0.6 is 0 Å². The monoisotopic (exact) mass is 250 g/mol. The second kappa shape index (κ2) is 4.81. The summed E-state index contributed by atoms with van der Waals surface area (Å²) in [6, 6.07) is 2.92. The molecule has 0 fully saturated rings. The van der Waals surface area contributed by atoms with E-state index >= 15 is 0 Å². The third kappa shape index (κ3) is 4.09. The Morgan fingerprint density at radius 1 is 1.06 bits per heavy atom. The Balaban J connectivity index is 2.56. The summed E-state index contributed by atoms with van der Waals surface area (Å²) in [5.74, 6) is -2.94. The Hall–Kier alpha value is -2.12. The summed E-state index contributed by atoms with van der Waals surface area (Å²) in [5.41, 5.74) is 0.0545. The molecule has 0 saturated carbocycles. The fourth-order valence-electron chi connectivity index (χ4n) is 0.870. The molecule has 0 aliphatic heterocycles. The Labute approximate surface area is 92.6 Å². The van der Waals surface area contributed by atoms with Gasteiger partial charge in [-0.1, -0.05) is 0 Å². The van der Waals surface area contributed by atoms with E-state index < -0.39 is 23.9 Å². The number of anilines is 1. The maximum absolute atomic E-state index is 12.5. The molecule has 3 amide bonds. The van der Waals surface area contributed by atoms with Gasteiger partial charge in [-0.05, 0) is 24.3 Å². The summed E-state index contributed by atoms with van der Waals surface area (Å²) in [4.78, 5) is 21.3.